The number of aromatic nitrogens is 1. The van der Waals surface area contributed by atoms with Crippen LogP contribution in [-0.2, 0) is 10.2 Å². The Morgan fingerprint density at radius 3 is 2.62 bits per heavy atom. The topological polar surface area (TPSA) is 107 Å². The fraction of sp³-hybridized carbons (Fsp3) is 0.312. The van der Waals surface area contributed by atoms with Crippen molar-refractivity contribution in [2.45, 2.75) is 26.2 Å². The molecule has 0 unspecified atom stereocenters. The highest BCUT2D eigenvalue weighted by molar-refractivity contribution is 6.31. The number of ether oxygens (including phenoxy) is 1. The summed E-state index contributed by atoms with van der Waals surface area (Å²) in [6, 6.07) is 6.04. The highest BCUT2D eigenvalue weighted by Crippen LogP contribution is 2.24. The zero-order valence-electron chi connectivity index (χ0n) is 13.6. The number of rotatable bonds is 5. The van der Waals surface area contributed by atoms with Crippen molar-refractivity contribution in [1.29, 1.82) is 0 Å². The molecular weight excluding hydrogens is 334 g/mol. The molecule has 1 aromatic heterocycles. The average molecular weight is 352 g/mol. The Kier molecular flexibility index (Phi) is 5.14. The number of hydrogen-bond donors (Lipinski definition) is 2. The van der Waals surface area contributed by atoms with Gasteiger partial charge in [-0.3, -0.25) is 14.9 Å². The Bertz CT molecular complexity index is 765. The van der Waals surface area contributed by atoms with Crippen molar-refractivity contribution in [3.63, 3.8) is 0 Å². The van der Waals surface area contributed by atoms with Gasteiger partial charge < -0.3 is 15.0 Å². The van der Waals surface area contributed by atoms with Gasteiger partial charge in [0.1, 0.15) is 5.75 Å². The summed E-state index contributed by atoms with van der Waals surface area (Å²) in [5, 5.41) is 6.77. The van der Waals surface area contributed by atoms with Gasteiger partial charge in [-0.1, -0.05) is 37.5 Å². The lowest BCUT2D eigenvalue weighted by Crippen LogP contribution is -2.21. The Hall–Kier alpha value is -2.54. The molecule has 0 atom stereocenters. The lowest BCUT2D eigenvalue weighted by atomic mass is 9.92. The second kappa shape index (κ2) is 6.92. The minimum Gasteiger partial charge on any atom is -0.483 e. The summed E-state index contributed by atoms with van der Waals surface area (Å²) in [5.41, 5.74) is 5.88. The monoisotopic (exact) mass is 351 g/mol. The van der Waals surface area contributed by atoms with Crippen LogP contribution in [0.5, 0.6) is 5.75 Å². The molecule has 2 amide bonds. The first-order chi connectivity index (χ1) is 11.2. The Morgan fingerprint density at radius 1 is 1.33 bits per heavy atom. The SMILES string of the molecule is CC(C)(C)c1cc(NC(=O)COc2ccc(Cl)cc2C(N)=O)on1. The van der Waals surface area contributed by atoms with E-state index in [1.807, 2.05) is 20.8 Å². The predicted octanol–water partition coefficient (Wildman–Crippen LogP) is 2.74. The van der Waals surface area contributed by atoms with Gasteiger partial charge in [0.2, 0.25) is 5.88 Å². The number of halogens is 1. The number of hydrogen-bond acceptors (Lipinski definition) is 5. The summed E-state index contributed by atoms with van der Waals surface area (Å²) in [4.78, 5) is 23.3. The molecule has 0 fully saturated rings. The van der Waals surface area contributed by atoms with Crippen molar-refractivity contribution < 1.29 is 18.8 Å². The Balaban J connectivity index is 1.99. The van der Waals surface area contributed by atoms with Gasteiger partial charge in [-0.25, -0.2) is 0 Å². The highest BCUT2D eigenvalue weighted by atomic mass is 35.5. The van der Waals surface area contributed by atoms with E-state index in [4.69, 9.17) is 26.6 Å². The predicted molar refractivity (Wildman–Crippen MR) is 89.3 cm³/mol. The third kappa shape index (κ3) is 4.48. The third-order valence-corrected chi connectivity index (χ3v) is 3.34. The van der Waals surface area contributed by atoms with Crippen LogP contribution in [0.4, 0.5) is 5.88 Å². The van der Waals surface area contributed by atoms with Crippen LogP contribution in [0.1, 0.15) is 36.8 Å². The molecule has 8 heteroatoms. The van der Waals surface area contributed by atoms with Gasteiger partial charge >= 0.3 is 0 Å². The fourth-order valence-electron chi connectivity index (χ4n) is 1.82. The summed E-state index contributed by atoms with van der Waals surface area (Å²) in [6.45, 7) is 5.61. The number of benzene rings is 1. The summed E-state index contributed by atoms with van der Waals surface area (Å²) in [5.74, 6) is -0.760. The molecule has 0 aliphatic carbocycles. The number of amides is 2. The van der Waals surface area contributed by atoms with E-state index in [2.05, 4.69) is 10.5 Å². The van der Waals surface area contributed by atoms with Crippen LogP contribution in [0.15, 0.2) is 28.8 Å². The molecule has 0 saturated carbocycles. The minimum atomic E-state index is -0.696. The first kappa shape index (κ1) is 17.8. The molecule has 7 nitrogen and oxygen atoms in total. The Morgan fingerprint density at radius 2 is 2.04 bits per heavy atom. The molecule has 0 bridgehead atoms. The van der Waals surface area contributed by atoms with Gasteiger partial charge in [0, 0.05) is 16.5 Å². The van der Waals surface area contributed by atoms with E-state index in [-0.39, 0.29) is 29.2 Å². The van der Waals surface area contributed by atoms with Gasteiger partial charge in [0.25, 0.3) is 11.8 Å². The first-order valence-electron chi connectivity index (χ1n) is 7.16. The number of anilines is 1. The van der Waals surface area contributed by atoms with E-state index in [0.29, 0.717) is 10.7 Å². The summed E-state index contributed by atoms with van der Waals surface area (Å²) in [6.07, 6.45) is 0. The van der Waals surface area contributed by atoms with Gasteiger partial charge in [-0.05, 0) is 18.2 Å². The van der Waals surface area contributed by atoms with Crippen molar-refractivity contribution in [2.24, 2.45) is 5.73 Å². The van der Waals surface area contributed by atoms with Crippen molar-refractivity contribution >= 4 is 29.3 Å². The van der Waals surface area contributed by atoms with Crippen molar-refractivity contribution in [1.82, 2.24) is 5.16 Å². The maximum absolute atomic E-state index is 11.9. The third-order valence-electron chi connectivity index (χ3n) is 3.11. The van der Waals surface area contributed by atoms with Crippen molar-refractivity contribution in [3.8, 4) is 5.75 Å². The van der Waals surface area contributed by atoms with Crippen molar-refractivity contribution in [2.75, 3.05) is 11.9 Å². The van der Waals surface area contributed by atoms with E-state index in [1.165, 1.54) is 18.2 Å². The maximum atomic E-state index is 11.9. The molecule has 2 rings (SSSR count). The van der Waals surface area contributed by atoms with E-state index < -0.39 is 11.8 Å². The molecule has 1 heterocycles. The number of nitrogens with zero attached hydrogens (tertiary/aromatic N) is 1. The molecule has 1 aromatic carbocycles. The second-order valence-electron chi connectivity index (χ2n) is 6.17. The van der Waals surface area contributed by atoms with Gasteiger partial charge in [0.15, 0.2) is 6.61 Å². The molecule has 0 aliphatic heterocycles. The van der Waals surface area contributed by atoms with E-state index in [9.17, 15) is 9.59 Å². The van der Waals surface area contributed by atoms with Crippen LogP contribution < -0.4 is 15.8 Å². The number of carbonyl (C=O) groups excluding carboxylic acids is 2. The lowest BCUT2D eigenvalue weighted by molar-refractivity contribution is -0.118. The van der Waals surface area contributed by atoms with Crippen LogP contribution in [-0.4, -0.2) is 23.6 Å². The normalized spacial score (nSPS) is 11.2. The molecule has 0 saturated heterocycles. The molecule has 24 heavy (non-hydrogen) atoms. The van der Waals surface area contributed by atoms with Crippen LogP contribution in [0.2, 0.25) is 5.02 Å². The van der Waals surface area contributed by atoms with Crippen LogP contribution >= 0.6 is 11.6 Å². The van der Waals surface area contributed by atoms with E-state index in [1.54, 1.807) is 6.07 Å². The Labute approximate surface area is 144 Å². The van der Waals surface area contributed by atoms with Gasteiger partial charge in [-0.2, -0.15) is 0 Å². The number of carbonyl (C=O) groups is 2. The summed E-state index contributed by atoms with van der Waals surface area (Å²) in [7, 11) is 0. The molecular formula is C16H18ClN3O4. The zero-order chi connectivity index (χ0) is 17.9. The molecule has 0 spiro atoms. The first-order valence-corrected chi connectivity index (χ1v) is 7.54. The van der Waals surface area contributed by atoms with E-state index in [0.717, 1.165) is 0 Å². The largest absolute Gasteiger partial charge is 0.483 e. The molecule has 0 aliphatic rings. The second-order valence-corrected chi connectivity index (χ2v) is 6.60. The standard InChI is InChI=1S/C16H18ClN3O4/c1-16(2,3)12-7-14(24-20-12)19-13(21)8-23-11-5-4-9(17)6-10(11)15(18)22/h4-7H,8H2,1-3H3,(H2,18,22)(H,19,21). The molecule has 0 radical (unpaired) electrons. The number of nitrogens with one attached hydrogen (secondary N) is 1. The molecule has 3 N–H and O–H groups in total. The summed E-state index contributed by atoms with van der Waals surface area (Å²) < 4.78 is 10.4. The zero-order valence-corrected chi connectivity index (χ0v) is 14.3. The average Bonchev–Trinajstić information content (AvgIpc) is 2.94. The quantitative estimate of drug-likeness (QED) is 0.861. The molecule has 128 valence electrons. The van der Waals surface area contributed by atoms with Crippen LogP contribution in [0, 0.1) is 0 Å². The molecule has 2 aromatic rings. The van der Waals surface area contributed by atoms with Gasteiger partial charge in [0.05, 0.1) is 11.3 Å². The fourth-order valence-corrected chi connectivity index (χ4v) is 2.00. The number of nitrogens with two attached hydrogens (primary N) is 1. The lowest BCUT2D eigenvalue weighted by Gasteiger charge is -2.12. The number of primary amides is 1. The van der Waals surface area contributed by atoms with Crippen molar-refractivity contribution in [3.05, 3.63) is 40.5 Å². The van der Waals surface area contributed by atoms with E-state index >= 15 is 0 Å². The summed E-state index contributed by atoms with van der Waals surface area (Å²) >= 11 is 5.81. The van der Waals surface area contributed by atoms with Crippen LogP contribution in [0.3, 0.4) is 0 Å². The maximum Gasteiger partial charge on any atom is 0.264 e. The highest BCUT2D eigenvalue weighted by Gasteiger charge is 2.20. The van der Waals surface area contributed by atoms with Gasteiger partial charge in [-0.15, -0.1) is 0 Å². The van der Waals surface area contributed by atoms with Crippen LogP contribution in [0.25, 0.3) is 0 Å². The smallest absolute Gasteiger partial charge is 0.264 e. The minimum absolute atomic E-state index is 0.102.